The van der Waals surface area contributed by atoms with E-state index in [1.165, 1.54) is 27.2 Å². The molecule has 3 aliphatic rings. The Morgan fingerprint density at radius 2 is 1.59 bits per heavy atom. The van der Waals surface area contributed by atoms with E-state index in [1.54, 1.807) is 0 Å². The summed E-state index contributed by atoms with van der Waals surface area (Å²) in [6, 6.07) is 16.3. The maximum atomic E-state index is 13.0. The van der Waals surface area contributed by atoms with E-state index in [4.69, 9.17) is 4.74 Å². The average Bonchev–Trinajstić information content (AvgIpc) is 3.63. The van der Waals surface area contributed by atoms with E-state index in [0.717, 1.165) is 32.1 Å². The molecule has 2 aromatic carbocycles. The predicted octanol–water partition coefficient (Wildman–Crippen LogP) is 4.16. The number of carboxylic acid groups (broad SMARTS) is 1. The largest absolute Gasteiger partial charge is 0.480 e. The summed E-state index contributed by atoms with van der Waals surface area (Å²) in [5, 5.41) is 12.1. The van der Waals surface area contributed by atoms with Crippen LogP contribution in [0.25, 0.3) is 11.1 Å². The fraction of sp³-hybridized carbons (Fsp3) is 0.444. The molecule has 2 aromatic rings. The topological polar surface area (TPSA) is 95.9 Å². The number of fused-ring (bicyclic) bond motifs is 3. The number of hydrogen-bond acceptors (Lipinski definition) is 4. The minimum absolute atomic E-state index is 0.00181. The molecule has 2 atom stereocenters. The van der Waals surface area contributed by atoms with Gasteiger partial charge in [-0.05, 0) is 54.4 Å². The number of hydrogen-bond donors (Lipinski definition) is 2. The molecule has 3 aliphatic carbocycles. The first kappa shape index (κ1) is 22.4. The van der Waals surface area contributed by atoms with Gasteiger partial charge in [0.05, 0.1) is 0 Å². The maximum absolute atomic E-state index is 13.0. The van der Waals surface area contributed by atoms with E-state index in [1.807, 2.05) is 24.3 Å². The zero-order valence-electron chi connectivity index (χ0n) is 19.1. The Morgan fingerprint density at radius 1 is 0.941 bits per heavy atom. The van der Waals surface area contributed by atoms with Crippen molar-refractivity contribution in [3.05, 3.63) is 59.7 Å². The lowest BCUT2D eigenvalue weighted by Gasteiger charge is -2.32. The first-order chi connectivity index (χ1) is 16.5. The number of carbonyl (C=O) groups is 3. The Kier molecular flexibility index (Phi) is 6.26. The molecule has 0 bridgehead atoms. The zero-order valence-corrected chi connectivity index (χ0v) is 19.1. The fourth-order valence-electron chi connectivity index (χ4n) is 5.51. The molecule has 2 fully saturated rings. The number of rotatable bonds is 7. The third kappa shape index (κ3) is 4.65. The highest BCUT2D eigenvalue weighted by atomic mass is 16.5. The Balaban J connectivity index is 1.18. The summed E-state index contributed by atoms with van der Waals surface area (Å²) in [6.07, 6.45) is 4.12. The maximum Gasteiger partial charge on any atom is 0.407 e. The van der Waals surface area contributed by atoms with Gasteiger partial charge in [-0.15, -0.1) is 0 Å². The molecule has 2 saturated carbocycles. The van der Waals surface area contributed by atoms with Crippen LogP contribution in [0.2, 0.25) is 0 Å². The summed E-state index contributed by atoms with van der Waals surface area (Å²) in [5.74, 6) is -1.33. The van der Waals surface area contributed by atoms with E-state index in [-0.39, 0.29) is 43.0 Å². The van der Waals surface area contributed by atoms with Gasteiger partial charge in [-0.2, -0.15) is 0 Å². The molecule has 0 saturated heterocycles. The molecule has 2 N–H and O–H groups in total. The van der Waals surface area contributed by atoms with Crippen molar-refractivity contribution in [2.75, 3.05) is 13.2 Å². The van der Waals surface area contributed by atoms with Gasteiger partial charge in [0.1, 0.15) is 13.2 Å². The number of alkyl carbamates (subject to hydrolysis) is 1. The van der Waals surface area contributed by atoms with Crippen molar-refractivity contribution in [1.29, 1.82) is 0 Å². The van der Waals surface area contributed by atoms with Crippen LogP contribution < -0.4 is 5.32 Å². The molecule has 0 unspecified atom stereocenters. The minimum Gasteiger partial charge on any atom is -0.480 e. The Hall–Kier alpha value is -3.35. The van der Waals surface area contributed by atoms with Crippen LogP contribution in [0, 0.1) is 5.92 Å². The molecule has 0 heterocycles. The van der Waals surface area contributed by atoms with Crippen molar-refractivity contribution in [1.82, 2.24) is 10.2 Å². The molecule has 0 aliphatic heterocycles. The van der Waals surface area contributed by atoms with Crippen LogP contribution in [0.15, 0.2) is 48.5 Å². The van der Waals surface area contributed by atoms with Gasteiger partial charge in [0, 0.05) is 23.9 Å². The van der Waals surface area contributed by atoms with E-state index in [0.29, 0.717) is 6.42 Å². The standard InChI is InChI=1S/C27H30N2O5/c30-25(31)15-29(19-12-13-19)26(32)17-6-5-7-18(14-17)28-27(33)34-16-24-22-10-3-1-8-20(22)21-9-2-4-11-23(21)24/h1-4,8-11,17-19,24H,5-7,12-16H2,(H,28,33)(H,30,31)/t17-,18+/m1/s1. The monoisotopic (exact) mass is 462 g/mol. The van der Waals surface area contributed by atoms with Crippen molar-refractivity contribution in [3.63, 3.8) is 0 Å². The molecule has 0 radical (unpaired) electrons. The first-order valence-electron chi connectivity index (χ1n) is 12.1. The second kappa shape index (κ2) is 9.49. The zero-order chi connectivity index (χ0) is 23.7. The highest BCUT2D eigenvalue weighted by Crippen LogP contribution is 2.44. The van der Waals surface area contributed by atoms with Crippen molar-refractivity contribution in [2.24, 2.45) is 5.92 Å². The summed E-state index contributed by atoms with van der Waals surface area (Å²) < 4.78 is 5.66. The van der Waals surface area contributed by atoms with Gasteiger partial charge >= 0.3 is 12.1 Å². The molecule has 7 nitrogen and oxygen atoms in total. The quantitative estimate of drug-likeness (QED) is 0.644. The smallest absolute Gasteiger partial charge is 0.407 e. The van der Waals surface area contributed by atoms with Crippen LogP contribution >= 0.6 is 0 Å². The second-order valence-corrected chi connectivity index (χ2v) is 9.62. The van der Waals surface area contributed by atoms with Crippen LogP contribution in [0.4, 0.5) is 4.79 Å². The Morgan fingerprint density at radius 3 is 2.21 bits per heavy atom. The second-order valence-electron chi connectivity index (χ2n) is 9.62. The molecular formula is C27H30N2O5. The highest BCUT2D eigenvalue weighted by Gasteiger charge is 2.39. The molecule has 7 heteroatoms. The normalized spacial score (nSPS) is 21.3. The van der Waals surface area contributed by atoms with Crippen molar-refractivity contribution < 1.29 is 24.2 Å². The Labute approximate surface area is 199 Å². The summed E-state index contributed by atoms with van der Waals surface area (Å²) in [5.41, 5.74) is 4.70. The number of nitrogens with one attached hydrogen (secondary N) is 1. The van der Waals surface area contributed by atoms with E-state index < -0.39 is 12.1 Å². The van der Waals surface area contributed by atoms with Gasteiger partial charge in [-0.1, -0.05) is 55.0 Å². The summed E-state index contributed by atoms with van der Waals surface area (Å²) >= 11 is 0. The fourth-order valence-corrected chi connectivity index (χ4v) is 5.51. The lowest BCUT2D eigenvalue weighted by atomic mass is 9.84. The first-order valence-corrected chi connectivity index (χ1v) is 12.1. The number of aliphatic carboxylic acids is 1. The van der Waals surface area contributed by atoms with E-state index >= 15 is 0 Å². The van der Waals surface area contributed by atoms with Crippen LogP contribution in [-0.4, -0.2) is 53.2 Å². The average molecular weight is 463 g/mol. The van der Waals surface area contributed by atoms with Gasteiger partial charge in [0.2, 0.25) is 5.91 Å². The lowest BCUT2D eigenvalue weighted by Crippen LogP contribution is -2.46. The summed E-state index contributed by atoms with van der Waals surface area (Å²) in [6.45, 7) is 0.00742. The lowest BCUT2D eigenvalue weighted by molar-refractivity contribution is -0.147. The van der Waals surface area contributed by atoms with Gasteiger partial charge in [-0.25, -0.2) is 4.79 Å². The van der Waals surface area contributed by atoms with Crippen LogP contribution in [0.3, 0.4) is 0 Å². The van der Waals surface area contributed by atoms with Gasteiger partial charge < -0.3 is 20.1 Å². The van der Waals surface area contributed by atoms with Crippen LogP contribution in [-0.2, 0) is 14.3 Å². The third-order valence-electron chi connectivity index (χ3n) is 7.27. The number of ether oxygens (including phenoxy) is 1. The van der Waals surface area contributed by atoms with Gasteiger partial charge in [0.15, 0.2) is 0 Å². The third-order valence-corrected chi connectivity index (χ3v) is 7.27. The van der Waals surface area contributed by atoms with Crippen molar-refractivity contribution in [3.8, 4) is 11.1 Å². The number of carboxylic acids is 1. The van der Waals surface area contributed by atoms with Crippen LogP contribution in [0.1, 0.15) is 55.6 Å². The van der Waals surface area contributed by atoms with Gasteiger partial charge in [0.25, 0.3) is 0 Å². The van der Waals surface area contributed by atoms with E-state index in [9.17, 15) is 19.5 Å². The highest BCUT2D eigenvalue weighted by molar-refractivity contribution is 5.84. The van der Waals surface area contributed by atoms with E-state index in [2.05, 4.69) is 29.6 Å². The molecule has 0 spiro atoms. The number of nitrogens with zero attached hydrogens (tertiary/aromatic N) is 1. The molecule has 178 valence electrons. The van der Waals surface area contributed by atoms with Crippen molar-refractivity contribution >= 4 is 18.0 Å². The van der Waals surface area contributed by atoms with Crippen LogP contribution in [0.5, 0.6) is 0 Å². The predicted molar refractivity (Wildman–Crippen MR) is 126 cm³/mol. The summed E-state index contributed by atoms with van der Waals surface area (Å²) in [7, 11) is 0. The number of benzene rings is 2. The molecular weight excluding hydrogens is 432 g/mol. The SMILES string of the molecule is O=C(O)CN(C(=O)[C@@H]1CCC[C@H](NC(=O)OCC2c3ccccc3-c3ccccc32)C1)C1CC1. The number of amides is 2. The summed E-state index contributed by atoms with van der Waals surface area (Å²) in [4.78, 5) is 38.4. The Bertz CT molecular complexity index is 1050. The minimum atomic E-state index is -0.982. The molecule has 0 aromatic heterocycles. The molecule has 5 rings (SSSR count). The van der Waals surface area contributed by atoms with Crippen molar-refractivity contribution in [2.45, 2.75) is 56.5 Å². The molecule has 34 heavy (non-hydrogen) atoms. The van der Waals surface area contributed by atoms with Gasteiger partial charge in [-0.3, -0.25) is 9.59 Å². The molecule has 2 amide bonds. The number of carbonyl (C=O) groups excluding carboxylic acids is 2.